The molecule has 0 bridgehead atoms. The van der Waals surface area contributed by atoms with Crippen molar-refractivity contribution in [3.63, 3.8) is 0 Å². The summed E-state index contributed by atoms with van der Waals surface area (Å²) in [7, 11) is 0. The van der Waals surface area contributed by atoms with E-state index in [2.05, 4.69) is 53.6 Å². The lowest BCUT2D eigenvalue weighted by Crippen LogP contribution is -2.13. The minimum atomic E-state index is -0.113. The molecule has 13 heavy (non-hydrogen) atoms. The number of hydrogen-bond donors (Lipinski definition) is 0. The quantitative estimate of drug-likeness (QED) is 0.488. The normalized spacial score (nSPS) is 25.0. The third-order valence-corrected chi connectivity index (χ3v) is 2.86. The highest BCUT2D eigenvalue weighted by Gasteiger charge is 2.33. The first-order valence-corrected chi connectivity index (χ1v) is 4.84. The summed E-state index contributed by atoms with van der Waals surface area (Å²) in [6, 6.07) is 8.44. The molecular formula is C11H11NS. The number of rotatable bonds is 1. The topological polar surface area (TPSA) is 12.4 Å². The Labute approximate surface area is 83.5 Å². The highest BCUT2D eigenvalue weighted by molar-refractivity contribution is 7.78. The molecule has 0 aromatic heterocycles. The minimum Gasteiger partial charge on any atom is -0.221 e. The van der Waals surface area contributed by atoms with Crippen molar-refractivity contribution in [2.75, 3.05) is 0 Å². The van der Waals surface area contributed by atoms with E-state index in [4.69, 9.17) is 0 Å². The first-order chi connectivity index (χ1) is 6.26. The molecule has 2 rings (SSSR count). The third kappa shape index (κ3) is 1.32. The zero-order valence-corrected chi connectivity index (χ0v) is 8.40. The van der Waals surface area contributed by atoms with Crippen molar-refractivity contribution in [2.45, 2.75) is 25.3 Å². The number of hydrogen-bond acceptors (Lipinski definition) is 2. The molecule has 1 unspecified atom stereocenters. The number of aliphatic imine (C=N–C) groups is 1. The van der Waals surface area contributed by atoms with E-state index in [1.54, 1.807) is 0 Å². The molecular weight excluding hydrogens is 178 g/mol. The van der Waals surface area contributed by atoms with Crippen LogP contribution in [-0.2, 0) is 12.0 Å². The predicted molar refractivity (Wildman–Crippen MR) is 57.1 cm³/mol. The van der Waals surface area contributed by atoms with Crippen LogP contribution in [0.4, 0.5) is 0 Å². The summed E-state index contributed by atoms with van der Waals surface area (Å²) in [5.74, 6) is 0. The summed E-state index contributed by atoms with van der Waals surface area (Å²) in [6.45, 7) is 2.12. The standard InChI is InChI=1S/C11H11NS/c1-11(12-8-13)7-6-9-4-2-3-5-10(9)11/h2-5H,6-7H2,1H3. The number of thiocarbonyl (C=S) groups is 1. The van der Waals surface area contributed by atoms with Crippen molar-refractivity contribution >= 4 is 17.4 Å². The lowest BCUT2D eigenvalue weighted by Gasteiger charge is -2.17. The molecule has 0 heterocycles. The van der Waals surface area contributed by atoms with Crippen LogP contribution in [0.3, 0.4) is 0 Å². The number of aryl methyl sites for hydroxylation is 1. The van der Waals surface area contributed by atoms with Gasteiger partial charge in [-0.15, -0.1) is 0 Å². The van der Waals surface area contributed by atoms with Gasteiger partial charge in [-0.1, -0.05) is 24.3 Å². The van der Waals surface area contributed by atoms with Crippen molar-refractivity contribution in [2.24, 2.45) is 4.99 Å². The molecule has 2 heteroatoms. The van der Waals surface area contributed by atoms with Gasteiger partial charge in [-0.05, 0) is 43.1 Å². The molecule has 0 aliphatic heterocycles. The van der Waals surface area contributed by atoms with E-state index in [0.29, 0.717) is 0 Å². The van der Waals surface area contributed by atoms with Crippen LogP contribution >= 0.6 is 12.2 Å². The summed E-state index contributed by atoms with van der Waals surface area (Å²) in [4.78, 5) is 4.26. The summed E-state index contributed by atoms with van der Waals surface area (Å²) in [5.41, 5.74) is 2.60. The fourth-order valence-corrected chi connectivity index (χ4v) is 2.19. The zero-order valence-electron chi connectivity index (χ0n) is 7.58. The van der Waals surface area contributed by atoms with E-state index < -0.39 is 0 Å². The highest BCUT2D eigenvalue weighted by atomic mass is 32.1. The van der Waals surface area contributed by atoms with Gasteiger partial charge in [0.15, 0.2) is 0 Å². The number of isothiocyanates is 1. The average molecular weight is 189 g/mol. The number of benzene rings is 1. The Morgan fingerprint density at radius 2 is 2.23 bits per heavy atom. The minimum absolute atomic E-state index is 0.113. The van der Waals surface area contributed by atoms with Crippen LogP contribution in [0.25, 0.3) is 0 Å². The molecule has 0 N–H and O–H groups in total. The highest BCUT2D eigenvalue weighted by Crippen LogP contribution is 2.39. The second-order valence-electron chi connectivity index (χ2n) is 3.63. The van der Waals surface area contributed by atoms with Gasteiger partial charge in [0.1, 0.15) is 0 Å². The smallest absolute Gasteiger partial charge is 0.0937 e. The molecule has 0 radical (unpaired) electrons. The molecule has 1 atom stereocenters. The lowest BCUT2D eigenvalue weighted by atomic mass is 9.95. The molecule has 0 saturated heterocycles. The third-order valence-electron chi connectivity index (χ3n) is 2.77. The summed E-state index contributed by atoms with van der Waals surface area (Å²) < 4.78 is 0. The van der Waals surface area contributed by atoms with Crippen molar-refractivity contribution in [3.8, 4) is 0 Å². The Kier molecular flexibility index (Phi) is 2.03. The van der Waals surface area contributed by atoms with E-state index in [0.717, 1.165) is 12.8 Å². The van der Waals surface area contributed by atoms with Crippen LogP contribution in [0.5, 0.6) is 0 Å². The van der Waals surface area contributed by atoms with E-state index in [-0.39, 0.29) is 5.54 Å². The van der Waals surface area contributed by atoms with E-state index in [1.807, 2.05) is 0 Å². The Hall–Kier alpha value is -0.980. The molecule has 0 spiro atoms. The van der Waals surface area contributed by atoms with Gasteiger partial charge >= 0.3 is 0 Å². The molecule has 66 valence electrons. The van der Waals surface area contributed by atoms with Crippen molar-refractivity contribution in [3.05, 3.63) is 35.4 Å². The second kappa shape index (κ2) is 3.06. The largest absolute Gasteiger partial charge is 0.221 e. The van der Waals surface area contributed by atoms with E-state index in [9.17, 15) is 0 Å². The Balaban J connectivity index is 2.54. The van der Waals surface area contributed by atoms with Gasteiger partial charge in [0.25, 0.3) is 0 Å². The van der Waals surface area contributed by atoms with E-state index in [1.165, 1.54) is 11.1 Å². The van der Waals surface area contributed by atoms with Gasteiger partial charge in [-0.3, -0.25) is 0 Å². The summed E-state index contributed by atoms with van der Waals surface area (Å²) in [5, 5.41) is 2.50. The Morgan fingerprint density at radius 1 is 1.46 bits per heavy atom. The Bertz CT molecular complexity index is 379. The number of fused-ring (bicyclic) bond motifs is 1. The first kappa shape index (κ1) is 8.61. The predicted octanol–water partition coefficient (Wildman–Crippen LogP) is 2.95. The SMILES string of the molecule is CC1(N=C=S)CCc2ccccc21. The van der Waals surface area contributed by atoms with Gasteiger partial charge in [0.05, 0.1) is 10.7 Å². The van der Waals surface area contributed by atoms with Gasteiger partial charge in [0, 0.05) is 0 Å². The maximum absolute atomic E-state index is 4.67. The van der Waals surface area contributed by atoms with Crippen molar-refractivity contribution in [1.82, 2.24) is 0 Å². The molecule has 1 aromatic rings. The van der Waals surface area contributed by atoms with Crippen LogP contribution in [0.15, 0.2) is 29.3 Å². The van der Waals surface area contributed by atoms with Gasteiger partial charge in [-0.25, -0.2) is 4.99 Å². The van der Waals surface area contributed by atoms with Gasteiger partial charge in [0.2, 0.25) is 0 Å². The Morgan fingerprint density at radius 3 is 3.00 bits per heavy atom. The zero-order chi connectivity index (χ0) is 9.31. The second-order valence-corrected chi connectivity index (χ2v) is 3.82. The lowest BCUT2D eigenvalue weighted by molar-refractivity contribution is 0.499. The molecule has 1 aromatic carbocycles. The molecule has 1 aliphatic rings. The molecule has 0 amide bonds. The molecule has 1 aliphatic carbocycles. The first-order valence-electron chi connectivity index (χ1n) is 4.44. The number of nitrogens with zero attached hydrogens (tertiary/aromatic N) is 1. The van der Waals surface area contributed by atoms with Crippen LogP contribution in [0.1, 0.15) is 24.5 Å². The molecule has 0 fully saturated rings. The maximum Gasteiger partial charge on any atom is 0.0937 e. The monoisotopic (exact) mass is 189 g/mol. The fourth-order valence-electron chi connectivity index (χ4n) is 1.99. The van der Waals surface area contributed by atoms with Gasteiger partial charge < -0.3 is 0 Å². The van der Waals surface area contributed by atoms with Gasteiger partial charge in [-0.2, -0.15) is 0 Å². The van der Waals surface area contributed by atoms with Crippen molar-refractivity contribution < 1.29 is 0 Å². The van der Waals surface area contributed by atoms with Crippen LogP contribution in [-0.4, -0.2) is 5.16 Å². The van der Waals surface area contributed by atoms with Crippen LogP contribution in [0, 0.1) is 0 Å². The van der Waals surface area contributed by atoms with Crippen LogP contribution < -0.4 is 0 Å². The van der Waals surface area contributed by atoms with E-state index >= 15 is 0 Å². The summed E-state index contributed by atoms with van der Waals surface area (Å²) in [6.07, 6.45) is 2.16. The maximum atomic E-state index is 4.67. The molecule has 1 nitrogen and oxygen atoms in total. The summed E-state index contributed by atoms with van der Waals surface area (Å²) >= 11 is 4.67. The van der Waals surface area contributed by atoms with Crippen LogP contribution in [0.2, 0.25) is 0 Å². The van der Waals surface area contributed by atoms with Crippen molar-refractivity contribution in [1.29, 1.82) is 0 Å². The molecule has 0 saturated carbocycles. The fraction of sp³-hybridized carbons (Fsp3) is 0.364. The average Bonchev–Trinajstić information content (AvgIpc) is 2.46.